The largest absolute Gasteiger partial charge is 0.382 e. The van der Waals surface area contributed by atoms with Gasteiger partial charge in [-0.1, -0.05) is 65.8 Å². The molecule has 1 aromatic heterocycles. The smallest absolute Gasteiger partial charge is 0.270 e. The molecule has 0 aliphatic carbocycles. The normalized spacial score (nSPS) is 16.2. The molecule has 1 atom stereocenters. The molecule has 1 aliphatic rings. The van der Waals surface area contributed by atoms with Crippen LogP contribution < -0.4 is 5.32 Å². The SMILES string of the molecule is O=C(Nc1nc(-c2ccccc2)cs1)[C@@H]1CC(c2ccccc2)=NO1. The second kappa shape index (κ2) is 6.86. The van der Waals surface area contributed by atoms with Gasteiger partial charge in [0, 0.05) is 17.4 Å². The summed E-state index contributed by atoms with van der Waals surface area (Å²) in [6, 6.07) is 19.6. The number of carbonyl (C=O) groups is 1. The molecule has 0 spiro atoms. The first-order valence-corrected chi connectivity index (χ1v) is 8.77. The topological polar surface area (TPSA) is 63.6 Å². The molecular formula is C19H15N3O2S. The minimum atomic E-state index is -0.626. The van der Waals surface area contributed by atoms with Crippen molar-refractivity contribution in [3.05, 3.63) is 71.6 Å². The fourth-order valence-electron chi connectivity index (χ4n) is 2.58. The van der Waals surface area contributed by atoms with Crippen LogP contribution >= 0.6 is 11.3 Å². The molecule has 5 nitrogen and oxygen atoms in total. The van der Waals surface area contributed by atoms with Crippen LogP contribution in [0, 0.1) is 0 Å². The molecule has 1 N–H and O–H groups in total. The number of nitrogens with one attached hydrogen (secondary N) is 1. The molecule has 6 heteroatoms. The van der Waals surface area contributed by atoms with Crippen LogP contribution in [0.15, 0.2) is 71.2 Å². The van der Waals surface area contributed by atoms with Gasteiger partial charge in [-0.05, 0) is 5.56 Å². The predicted molar refractivity (Wildman–Crippen MR) is 98.6 cm³/mol. The van der Waals surface area contributed by atoms with Crippen LogP contribution in [-0.4, -0.2) is 22.7 Å². The summed E-state index contributed by atoms with van der Waals surface area (Å²) in [7, 11) is 0. The Balaban J connectivity index is 1.40. The summed E-state index contributed by atoms with van der Waals surface area (Å²) in [4.78, 5) is 22.2. The van der Waals surface area contributed by atoms with Crippen LogP contribution in [0.3, 0.4) is 0 Å². The van der Waals surface area contributed by atoms with Crippen LogP contribution in [0.1, 0.15) is 12.0 Å². The second-order valence-corrected chi connectivity index (χ2v) is 6.45. The molecule has 0 saturated carbocycles. The minimum absolute atomic E-state index is 0.233. The van der Waals surface area contributed by atoms with Gasteiger partial charge >= 0.3 is 0 Å². The zero-order valence-electron chi connectivity index (χ0n) is 13.3. The van der Waals surface area contributed by atoms with Gasteiger partial charge in [-0.2, -0.15) is 0 Å². The molecule has 3 aromatic rings. The number of carbonyl (C=O) groups excluding carboxylic acids is 1. The van der Waals surface area contributed by atoms with E-state index in [1.54, 1.807) is 0 Å². The third-order valence-corrected chi connectivity index (χ3v) is 4.63. The van der Waals surface area contributed by atoms with Gasteiger partial charge in [0.1, 0.15) is 0 Å². The van der Waals surface area contributed by atoms with Crippen molar-refractivity contribution in [3.8, 4) is 11.3 Å². The van der Waals surface area contributed by atoms with Crippen molar-refractivity contribution in [2.75, 3.05) is 5.32 Å². The Hall–Kier alpha value is -2.99. The lowest BCUT2D eigenvalue weighted by atomic mass is 10.1. The fourth-order valence-corrected chi connectivity index (χ4v) is 3.30. The molecule has 1 aliphatic heterocycles. The van der Waals surface area contributed by atoms with E-state index in [9.17, 15) is 4.79 Å². The average molecular weight is 349 g/mol. The maximum Gasteiger partial charge on any atom is 0.270 e. The molecular weight excluding hydrogens is 334 g/mol. The van der Waals surface area contributed by atoms with Crippen molar-refractivity contribution in [1.82, 2.24) is 4.98 Å². The van der Waals surface area contributed by atoms with Gasteiger partial charge in [0.05, 0.1) is 11.4 Å². The van der Waals surface area contributed by atoms with E-state index in [-0.39, 0.29) is 5.91 Å². The number of benzene rings is 2. The van der Waals surface area contributed by atoms with Crippen molar-refractivity contribution in [2.24, 2.45) is 5.16 Å². The number of hydrogen-bond donors (Lipinski definition) is 1. The van der Waals surface area contributed by atoms with E-state index in [1.807, 2.05) is 66.0 Å². The van der Waals surface area contributed by atoms with Crippen LogP contribution in [0.5, 0.6) is 0 Å². The Labute approximate surface area is 149 Å². The zero-order valence-corrected chi connectivity index (χ0v) is 14.1. The van der Waals surface area contributed by atoms with Crippen molar-refractivity contribution in [1.29, 1.82) is 0 Å². The second-order valence-electron chi connectivity index (χ2n) is 5.60. The summed E-state index contributed by atoms with van der Waals surface area (Å²) in [5.41, 5.74) is 3.61. The number of oxime groups is 1. The average Bonchev–Trinajstić information content (AvgIpc) is 3.33. The van der Waals surface area contributed by atoms with E-state index in [1.165, 1.54) is 11.3 Å². The third kappa shape index (κ3) is 3.44. The maximum absolute atomic E-state index is 12.4. The molecule has 1 amide bonds. The number of thiazole rings is 1. The maximum atomic E-state index is 12.4. The highest BCUT2D eigenvalue weighted by Crippen LogP contribution is 2.25. The summed E-state index contributed by atoms with van der Waals surface area (Å²) >= 11 is 1.39. The van der Waals surface area contributed by atoms with E-state index in [2.05, 4.69) is 15.5 Å². The summed E-state index contributed by atoms with van der Waals surface area (Å²) < 4.78 is 0. The van der Waals surface area contributed by atoms with Gasteiger partial charge in [-0.3, -0.25) is 10.1 Å². The monoisotopic (exact) mass is 349 g/mol. The highest BCUT2D eigenvalue weighted by Gasteiger charge is 2.29. The summed E-state index contributed by atoms with van der Waals surface area (Å²) in [6.07, 6.45) is -0.175. The molecule has 0 unspecified atom stereocenters. The molecule has 2 aromatic carbocycles. The Bertz CT molecular complexity index is 907. The van der Waals surface area contributed by atoms with E-state index < -0.39 is 6.10 Å². The highest BCUT2D eigenvalue weighted by atomic mass is 32.1. The van der Waals surface area contributed by atoms with Crippen molar-refractivity contribution in [2.45, 2.75) is 12.5 Å². The first-order valence-electron chi connectivity index (χ1n) is 7.89. The highest BCUT2D eigenvalue weighted by molar-refractivity contribution is 7.14. The van der Waals surface area contributed by atoms with Crippen molar-refractivity contribution in [3.63, 3.8) is 0 Å². The Morgan fingerprint density at radius 1 is 1.04 bits per heavy atom. The summed E-state index contributed by atoms with van der Waals surface area (Å²) in [6.45, 7) is 0. The van der Waals surface area contributed by atoms with Crippen LogP contribution in [0.4, 0.5) is 5.13 Å². The Kier molecular flexibility index (Phi) is 4.26. The van der Waals surface area contributed by atoms with Gasteiger partial charge in [-0.15, -0.1) is 11.3 Å². The molecule has 4 rings (SSSR count). The summed E-state index contributed by atoms with van der Waals surface area (Å²) in [5, 5.41) is 9.34. The van der Waals surface area contributed by atoms with Gasteiger partial charge < -0.3 is 4.84 Å². The number of hydrogen-bond acceptors (Lipinski definition) is 5. The van der Waals surface area contributed by atoms with Crippen molar-refractivity contribution < 1.29 is 9.63 Å². The van der Waals surface area contributed by atoms with Gasteiger partial charge in [0.15, 0.2) is 5.13 Å². The molecule has 0 radical (unpaired) electrons. The van der Waals surface area contributed by atoms with E-state index in [0.29, 0.717) is 11.6 Å². The number of aromatic nitrogens is 1. The predicted octanol–water partition coefficient (Wildman–Crippen LogP) is 3.94. The summed E-state index contributed by atoms with van der Waals surface area (Å²) in [5.74, 6) is -0.233. The fraction of sp³-hybridized carbons (Fsp3) is 0.105. The molecule has 0 fully saturated rings. The van der Waals surface area contributed by atoms with Crippen LogP contribution in [0.25, 0.3) is 11.3 Å². The Morgan fingerprint density at radius 2 is 1.72 bits per heavy atom. The molecule has 2 heterocycles. The van der Waals surface area contributed by atoms with Gasteiger partial charge in [0.25, 0.3) is 5.91 Å². The minimum Gasteiger partial charge on any atom is -0.382 e. The van der Waals surface area contributed by atoms with Crippen LogP contribution in [-0.2, 0) is 9.63 Å². The molecule has 25 heavy (non-hydrogen) atoms. The van der Waals surface area contributed by atoms with E-state index >= 15 is 0 Å². The quantitative estimate of drug-likeness (QED) is 0.776. The lowest BCUT2D eigenvalue weighted by Crippen LogP contribution is -2.27. The van der Waals surface area contributed by atoms with Gasteiger partial charge in [0.2, 0.25) is 6.10 Å². The Morgan fingerprint density at radius 3 is 2.44 bits per heavy atom. The first kappa shape index (κ1) is 15.5. The zero-order chi connectivity index (χ0) is 17.1. The standard InChI is InChI=1S/C19H15N3O2S/c23-18(17-11-15(22-24-17)13-7-3-1-4-8-13)21-19-20-16(12-25-19)14-9-5-2-6-10-14/h1-10,12,17H,11H2,(H,20,21,23)/t17-/m0/s1. The molecule has 124 valence electrons. The van der Waals surface area contributed by atoms with Crippen LogP contribution in [0.2, 0.25) is 0 Å². The first-order chi connectivity index (χ1) is 12.3. The van der Waals surface area contributed by atoms with E-state index in [0.717, 1.165) is 22.5 Å². The van der Waals surface area contributed by atoms with E-state index in [4.69, 9.17) is 4.84 Å². The number of anilines is 1. The lowest BCUT2D eigenvalue weighted by molar-refractivity contribution is -0.125. The number of amides is 1. The number of nitrogens with zero attached hydrogens (tertiary/aromatic N) is 2. The lowest BCUT2D eigenvalue weighted by Gasteiger charge is -2.07. The third-order valence-electron chi connectivity index (χ3n) is 3.87. The number of rotatable bonds is 4. The van der Waals surface area contributed by atoms with Crippen molar-refractivity contribution >= 4 is 28.1 Å². The van der Waals surface area contributed by atoms with Gasteiger partial charge in [-0.25, -0.2) is 4.98 Å². The molecule has 0 bridgehead atoms. The molecule has 0 saturated heterocycles.